The van der Waals surface area contributed by atoms with E-state index < -0.39 is 42.2 Å². The van der Waals surface area contributed by atoms with Crippen LogP contribution in [0.2, 0.25) is 0 Å². The minimum atomic E-state index is -2.15. The zero-order chi connectivity index (χ0) is 26.8. The van der Waals surface area contributed by atoms with Crippen LogP contribution in [0.25, 0.3) is 0 Å². The average Bonchev–Trinajstić information content (AvgIpc) is 3.49. The molecule has 15 heteroatoms. The Morgan fingerprint density at radius 1 is 1.03 bits per heavy atom. The Hall–Kier alpha value is -3.66. The number of nitrogens with one attached hydrogen (secondary N) is 1. The summed E-state index contributed by atoms with van der Waals surface area (Å²) in [6.45, 7) is -0.167. The van der Waals surface area contributed by atoms with Crippen molar-refractivity contribution in [1.82, 2.24) is 24.3 Å². The van der Waals surface area contributed by atoms with Crippen molar-refractivity contribution in [3.05, 3.63) is 64.6 Å². The van der Waals surface area contributed by atoms with Crippen molar-refractivity contribution in [2.45, 2.75) is 26.1 Å². The Bertz CT molecular complexity index is 1200. The van der Waals surface area contributed by atoms with Crippen LogP contribution in [0.15, 0.2) is 48.2 Å². The maximum absolute atomic E-state index is 12.7. The fourth-order valence-electron chi connectivity index (χ4n) is 3.50. The molecule has 1 unspecified atom stereocenters. The molecule has 1 atom stereocenters. The molecule has 1 aromatic carbocycles. The first-order chi connectivity index (χ1) is 17.7. The van der Waals surface area contributed by atoms with Gasteiger partial charge in [-0.25, -0.2) is 14.2 Å². The second-order valence-corrected chi connectivity index (χ2v) is 9.62. The van der Waals surface area contributed by atoms with E-state index in [4.69, 9.17) is 14.8 Å². The quantitative estimate of drug-likeness (QED) is 0.201. The van der Waals surface area contributed by atoms with E-state index in [0.717, 1.165) is 15.5 Å². The number of carbonyl (C=O) groups excluding carboxylic acids is 1. The summed E-state index contributed by atoms with van der Waals surface area (Å²) >= 11 is -0.635. The maximum atomic E-state index is 12.7. The van der Waals surface area contributed by atoms with Crippen molar-refractivity contribution >= 4 is 46.1 Å². The number of aliphatic carboxylic acids is 2. The number of aromatic nitrogens is 3. The molecule has 0 aliphatic rings. The van der Waals surface area contributed by atoms with Crippen molar-refractivity contribution in [3.63, 3.8) is 0 Å². The number of carboxylic acids is 2. The number of rotatable bonds is 15. The monoisotopic (exact) mass is 550 g/mol. The molecule has 0 bridgehead atoms. The third-order valence-electron chi connectivity index (χ3n) is 5.20. The van der Waals surface area contributed by atoms with Crippen LogP contribution in [0.5, 0.6) is 0 Å². The molecule has 37 heavy (non-hydrogen) atoms. The number of imidazole rings is 1. The van der Waals surface area contributed by atoms with Crippen LogP contribution < -0.4 is 4.72 Å². The summed E-state index contributed by atoms with van der Waals surface area (Å²) in [6.07, 6.45) is 5.50. The lowest BCUT2D eigenvalue weighted by Gasteiger charge is -2.23. The Balaban J connectivity index is 1.69. The number of carbonyl (C=O) groups is 3. The van der Waals surface area contributed by atoms with Crippen LogP contribution >= 0.6 is 11.3 Å². The summed E-state index contributed by atoms with van der Waals surface area (Å²) in [5, 5.41) is 20.8. The van der Waals surface area contributed by atoms with Crippen LogP contribution in [-0.2, 0) is 51.7 Å². The lowest BCUT2D eigenvalue weighted by molar-refractivity contribution is -0.149. The van der Waals surface area contributed by atoms with E-state index in [2.05, 4.69) is 19.6 Å². The normalized spacial score (nSPS) is 11.8. The molecule has 4 N–H and O–H groups in total. The molecule has 3 aromatic rings. The molecule has 0 aliphatic heterocycles. The highest BCUT2D eigenvalue weighted by Crippen LogP contribution is 2.15. The van der Waals surface area contributed by atoms with Crippen molar-refractivity contribution in [3.8, 4) is 0 Å². The van der Waals surface area contributed by atoms with E-state index >= 15 is 0 Å². The second kappa shape index (κ2) is 13.6. The SMILES string of the molecule is O=C(O)CN(CC(=O)O)C(=O)Cn1ccnc1CN(CCc1ccc(NS(=O)O)cc1)Cc1nccs1. The van der Waals surface area contributed by atoms with E-state index in [1.54, 1.807) is 29.1 Å². The van der Waals surface area contributed by atoms with Gasteiger partial charge in [0, 0.05) is 36.2 Å². The van der Waals surface area contributed by atoms with Crippen molar-refractivity contribution < 1.29 is 33.4 Å². The molecule has 1 amide bonds. The topological polar surface area (TPSA) is 178 Å². The number of hydrogen-bond donors (Lipinski definition) is 4. The van der Waals surface area contributed by atoms with Crippen molar-refractivity contribution in [1.29, 1.82) is 0 Å². The predicted octanol–water partition coefficient (Wildman–Crippen LogP) is 1.13. The van der Waals surface area contributed by atoms with Crippen LogP contribution in [0.4, 0.5) is 5.69 Å². The third-order valence-corrected chi connectivity index (χ3v) is 6.37. The van der Waals surface area contributed by atoms with E-state index in [-0.39, 0.29) is 6.54 Å². The van der Waals surface area contributed by atoms with E-state index in [1.165, 1.54) is 17.5 Å². The standard InChI is InChI=1S/C22H26N6O7S2/c29-20(28(14-21(30)31)15-22(32)33)13-27-9-6-23-18(27)11-26(12-19-24-7-10-36-19)8-5-16-1-3-17(4-2-16)25-37(34)35/h1-4,6-7,9-10,25H,5,8,11-15H2,(H,30,31)(H,32,33)(H,34,35). The summed E-state index contributed by atoms with van der Waals surface area (Å²) in [4.78, 5) is 46.4. The van der Waals surface area contributed by atoms with Crippen molar-refractivity contribution in [2.75, 3.05) is 24.4 Å². The molecule has 3 rings (SSSR count). The summed E-state index contributed by atoms with van der Waals surface area (Å²) in [6, 6.07) is 7.14. The molecule has 2 heterocycles. The molecule has 198 valence electrons. The van der Waals surface area contributed by atoms with Gasteiger partial charge >= 0.3 is 11.9 Å². The highest BCUT2D eigenvalue weighted by molar-refractivity contribution is 7.80. The molecular weight excluding hydrogens is 524 g/mol. The van der Waals surface area contributed by atoms with Gasteiger partial charge in [-0.15, -0.1) is 11.3 Å². The Morgan fingerprint density at radius 2 is 1.73 bits per heavy atom. The maximum Gasteiger partial charge on any atom is 0.323 e. The Morgan fingerprint density at radius 3 is 2.32 bits per heavy atom. The molecule has 13 nitrogen and oxygen atoms in total. The van der Waals surface area contributed by atoms with Gasteiger partial charge in [0.05, 0.1) is 13.1 Å². The first-order valence-corrected chi connectivity index (χ1v) is 13.0. The smallest absolute Gasteiger partial charge is 0.323 e. The number of benzene rings is 1. The summed E-state index contributed by atoms with van der Waals surface area (Å²) in [7, 11) is 0. The average molecular weight is 551 g/mol. The molecule has 0 fully saturated rings. The van der Waals surface area contributed by atoms with E-state index in [0.29, 0.717) is 37.6 Å². The van der Waals surface area contributed by atoms with Crippen LogP contribution in [0, 0.1) is 0 Å². The van der Waals surface area contributed by atoms with Crippen LogP contribution in [0.1, 0.15) is 16.4 Å². The van der Waals surface area contributed by atoms with E-state index in [1.807, 2.05) is 17.5 Å². The minimum absolute atomic E-state index is 0.248. The third kappa shape index (κ3) is 9.38. The minimum Gasteiger partial charge on any atom is -0.480 e. The number of amides is 1. The fourth-order valence-corrected chi connectivity index (χ4v) is 4.50. The molecule has 2 aromatic heterocycles. The van der Waals surface area contributed by atoms with Gasteiger partial charge in [0.25, 0.3) is 11.3 Å². The molecule has 0 radical (unpaired) electrons. The summed E-state index contributed by atoms with van der Waals surface area (Å²) in [5.74, 6) is -2.69. The highest BCUT2D eigenvalue weighted by atomic mass is 32.2. The molecular formula is C22H26N6O7S2. The number of thiazole rings is 1. The van der Waals surface area contributed by atoms with Crippen LogP contribution in [0.3, 0.4) is 0 Å². The lowest BCUT2D eigenvalue weighted by Crippen LogP contribution is -2.41. The second-order valence-electron chi connectivity index (χ2n) is 7.94. The largest absolute Gasteiger partial charge is 0.480 e. The zero-order valence-electron chi connectivity index (χ0n) is 19.6. The highest BCUT2D eigenvalue weighted by Gasteiger charge is 2.21. The van der Waals surface area contributed by atoms with Gasteiger partial charge in [0.2, 0.25) is 5.91 Å². The first kappa shape index (κ1) is 27.9. The first-order valence-electron chi connectivity index (χ1n) is 11.0. The van der Waals surface area contributed by atoms with Gasteiger partial charge in [-0.05, 0) is 24.1 Å². The molecule has 0 saturated carbocycles. The number of anilines is 1. The van der Waals surface area contributed by atoms with Gasteiger partial charge in [-0.1, -0.05) is 12.1 Å². The number of nitrogens with zero attached hydrogens (tertiary/aromatic N) is 5. The molecule has 0 aliphatic carbocycles. The van der Waals surface area contributed by atoms with E-state index in [9.17, 15) is 18.6 Å². The summed E-state index contributed by atoms with van der Waals surface area (Å²) in [5.41, 5.74) is 1.53. The van der Waals surface area contributed by atoms with Gasteiger partial charge in [-0.2, -0.15) is 0 Å². The lowest BCUT2D eigenvalue weighted by atomic mass is 10.1. The van der Waals surface area contributed by atoms with Gasteiger partial charge in [-0.3, -0.25) is 28.6 Å². The predicted molar refractivity (Wildman–Crippen MR) is 135 cm³/mol. The number of hydrogen-bond acceptors (Lipinski definition) is 8. The molecule has 0 saturated heterocycles. The Labute approximate surface area is 218 Å². The Kier molecular flexibility index (Phi) is 10.3. The van der Waals surface area contributed by atoms with Crippen molar-refractivity contribution in [2.24, 2.45) is 0 Å². The summed E-state index contributed by atoms with van der Waals surface area (Å²) < 4.78 is 23.8. The van der Waals surface area contributed by atoms with Gasteiger partial charge in [0.15, 0.2) is 0 Å². The molecule has 0 spiro atoms. The van der Waals surface area contributed by atoms with Gasteiger partial charge < -0.3 is 19.7 Å². The van der Waals surface area contributed by atoms with Crippen LogP contribution in [-0.4, -0.2) is 80.8 Å². The zero-order valence-corrected chi connectivity index (χ0v) is 21.2. The van der Waals surface area contributed by atoms with Gasteiger partial charge in [0.1, 0.15) is 30.5 Å². The fraction of sp³-hybridized carbons (Fsp3) is 0.318. The number of carboxylic acid groups (broad SMARTS) is 2.